The van der Waals surface area contributed by atoms with Gasteiger partial charge in [0.2, 0.25) is 0 Å². The second-order valence-electron chi connectivity index (χ2n) is 2.80. The van der Waals surface area contributed by atoms with Crippen molar-refractivity contribution in [1.82, 2.24) is 4.98 Å². The van der Waals surface area contributed by atoms with Crippen molar-refractivity contribution in [3.63, 3.8) is 0 Å². The van der Waals surface area contributed by atoms with Gasteiger partial charge < -0.3 is 4.74 Å². The molecule has 0 fully saturated rings. The van der Waals surface area contributed by atoms with Crippen molar-refractivity contribution < 1.29 is 26.7 Å². The number of ether oxygens (including phenoxy) is 1. The average Bonchev–Trinajstić information content (AvgIpc) is 2.13. The van der Waals surface area contributed by atoms with E-state index in [0.717, 1.165) is 6.07 Å². The van der Waals surface area contributed by atoms with E-state index in [1.807, 2.05) is 0 Å². The molecule has 2 nitrogen and oxygen atoms in total. The molecule has 0 radical (unpaired) electrons. The van der Waals surface area contributed by atoms with Gasteiger partial charge in [0, 0.05) is 6.07 Å². The maximum Gasteiger partial charge on any atom is 0.573 e. The topological polar surface area (TPSA) is 22.1 Å². The highest BCUT2D eigenvalue weighted by Crippen LogP contribution is 2.37. The summed E-state index contributed by atoms with van der Waals surface area (Å²) in [5.41, 5.74) is -0.974. The van der Waals surface area contributed by atoms with Gasteiger partial charge in [-0.05, 0) is 15.9 Å². The van der Waals surface area contributed by atoms with E-state index >= 15 is 0 Å². The molecular weight excluding hydrogens is 336 g/mol. The van der Waals surface area contributed by atoms with Crippen LogP contribution in [0, 0.1) is 0 Å². The summed E-state index contributed by atoms with van der Waals surface area (Å²) in [5.74, 6) is -1.24. The van der Waals surface area contributed by atoms with Gasteiger partial charge in [0.25, 0.3) is 6.43 Å². The fraction of sp³-hybridized carbons (Fsp3) is 0.375. The maximum absolute atomic E-state index is 12.5. The average molecular weight is 340 g/mol. The minimum Gasteiger partial charge on any atom is -0.405 e. The van der Waals surface area contributed by atoms with Crippen molar-refractivity contribution in [2.75, 3.05) is 0 Å². The number of rotatable bonds is 3. The Balaban J connectivity index is 3.27. The summed E-state index contributed by atoms with van der Waals surface area (Å²) in [6.45, 7) is 0. The van der Waals surface area contributed by atoms with E-state index in [0.29, 0.717) is 0 Å². The molecule has 0 unspecified atom stereocenters. The maximum atomic E-state index is 12.5. The molecule has 17 heavy (non-hydrogen) atoms. The molecule has 0 aliphatic heterocycles. The predicted molar refractivity (Wildman–Crippen MR) is 53.1 cm³/mol. The third-order valence-corrected chi connectivity index (χ3v) is 2.49. The lowest BCUT2D eigenvalue weighted by molar-refractivity contribution is -0.275. The first-order valence-electron chi connectivity index (χ1n) is 4.03. The Labute approximate surface area is 106 Å². The minimum absolute atomic E-state index is 0.0119. The third-order valence-electron chi connectivity index (χ3n) is 1.61. The zero-order chi connectivity index (χ0) is 13.2. The standard InChI is InChI=1S/C8H4BrClF5NO/c9-6-5(7(11)12)4(17-8(13,14)15)1-3(2-10)16-6/h1,7H,2H2. The molecule has 0 saturated heterocycles. The molecule has 96 valence electrons. The smallest absolute Gasteiger partial charge is 0.405 e. The van der Waals surface area contributed by atoms with Crippen molar-refractivity contribution in [3.05, 3.63) is 21.9 Å². The largest absolute Gasteiger partial charge is 0.573 e. The van der Waals surface area contributed by atoms with Crippen LogP contribution in [0.4, 0.5) is 22.0 Å². The SMILES string of the molecule is FC(F)c1c(OC(F)(F)F)cc(CCl)nc1Br. The second kappa shape index (κ2) is 5.34. The fourth-order valence-corrected chi connectivity index (χ4v) is 1.76. The molecule has 1 heterocycles. The van der Waals surface area contributed by atoms with Gasteiger partial charge in [-0.3, -0.25) is 0 Å². The molecule has 0 aromatic carbocycles. The first-order valence-corrected chi connectivity index (χ1v) is 5.36. The van der Waals surface area contributed by atoms with Gasteiger partial charge in [-0.1, -0.05) is 0 Å². The van der Waals surface area contributed by atoms with Crippen LogP contribution in [0.5, 0.6) is 5.75 Å². The van der Waals surface area contributed by atoms with E-state index in [1.165, 1.54) is 0 Å². The summed E-state index contributed by atoms with van der Waals surface area (Å²) in [6.07, 6.45) is -8.22. The zero-order valence-corrected chi connectivity index (χ0v) is 10.2. The molecule has 0 aliphatic carbocycles. The summed E-state index contributed by atoms with van der Waals surface area (Å²) < 4.78 is 64.2. The predicted octanol–water partition coefficient (Wildman–Crippen LogP) is 4.42. The summed E-state index contributed by atoms with van der Waals surface area (Å²) in [4.78, 5) is 3.56. The number of hydrogen-bond donors (Lipinski definition) is 0. The van der Waals surface area contributed by atoms with Crippen molar-refractivity contribution in [2.24, 2.45) is 0 Å². The highest BCUT2D eigenvalue weighted by Gasteiger charge is 2.34. The van der Waals surface area contributed by atoms with Crippen LogP contribution in [-0.4, -0.2) is 11.3 Å². The lowest BCUT2D eigenvalue weighted by Gasteiger charge is -2.14. The Morgan fingerprint density at radius 2 is 2.00 bits per heavy atom. The Morgan fingerprint density at radius 3 is 2.41 bits per heavy atom. The van der Waals surface area contributed by atoms with E-state index in [-0.39, 0.29) is 11.6 Å². The molecule has 0 bridgehead atoms. The van der Waals surface area contributed by atoms with E-state index in [1.54, 1.807) is 0 Å². The van der Waals surface area contributed by atoms with Gasteiger partial charge in [0.05, 0.1) is 17.1 Å². The highest BCUT2D eigenvalue weighted by molar-refractivity contribution is 9.10. The van der Waals surface area contributed by atoms with Crippen LogP contribution in [0.2, 0.25) is 0 Å². The molecule has 0 saturated carbocycles. The first-order chi connectivity index (χ1) is 7.74. The summed E-state index contributed by atoms with van der Waals surface area (Å²) in [7, 11) is 0. The minimum atomic E-state index is -5.06. The molecule has 1 rings (SSSR count). The van der Waals surface area contributed by atoms with Crippen molar-refractivity contribution in [1.29, 1.82) is 0 Å². The van der Waals surface area contributed by atoms with Crippen LogP contribution < -0.4 is 4.74 Å². The normalized spacial score (nSPS) is 12.0. The second-order valence-corrected chi connectivity index (χ2v) is 3.82. The van der Waals surface area contributed by atoms with Crippen molar-refractivity contribution in [2.45, 2.75) is 18.7 Å². The van der Waals surface area contributed by atoms with Gasteiger partial charge in [0.15, 0.2) is 0 Å². The quantitative estimate of drug-likeness (QED) is 0.462. The molecule has 1 aromatic heterocycles. The van der Waals surface area contributed by atoms with Gasteiger partial charge in [-0.25, -0.2) is 13.8 Å². The van der Waals surface area contributed by atoms with Gasteiger partial charge in [-0.2, -0.15) is 0 Å². The summed E-state index contributed by atoms with van der Waals surface area (Å²) in [5, 5.41) is 0. The zero-order valence-electron chi connectivity index (χ0n) is 7.86. The lowest BCUT2D eigenvalue weighted by atomic mass is 10.2. The summed E-state index contributed by atoms with van der Waals surface area (Å²) >= 11 is 8.02. The van der Waals surface area contributed by atoms with Crippen LogP contribution >= 0.6 is 27.5 Å². The number of pyridine rings is 1. The van der Waals surface area contributed by atoms with E-state index in [2.05, 4.69) is 25.7 Å². The molecular formula is C8H4BrClF5NO. The molecule has 1 aromatic rings. The third kappa shape index (κ3) is 3.95. The number of aromatic nitrogens is 1. The molecule has 0 atom stereocenters. The van der Waals surface area contributed by atoms with Gasteiger partial charge in [0.1, 0.15) is 10.4 Å². The van der Waals surface area contributed by atoms with E-state index in [9.17, 15) is 22.0 Å². The van der Waals surface area contributed by atoms with Crippen LogP contribution in [0.15, 0.2) is 10.7 Å². The number of halogens is 7. The number of nitrogens with zero attached hydrogens (tertiary/aromatic N) is 1. The molecule has 0 N–H and O–H groups in total. The Kier molecular flexibility index (Phi) is 4.54. The fourth-order valence-electron chi connectivity index (χ4n) is 1.02. The van der Waals surface area contributed by atoms with E-state index in [4.69, 9.17) is 11.6 Å². The highest BCUT2D eigenvalue weighted by atomic mass is 79.9. The summed E-state index contributed by atoms with van der Waals surface area (Å²) in [6, 6.07) is 0.729. The van der Waals surface area contributed by atoms with Crippen molar-refractivity contribution in [3.8, 4) is 5.75 Å². The molecule has 0 spiro atoms. The van der Waals surface area contributed by atoms with Gasteiger partial charge in [-0.15, -0.1) is 24.8 Å². The number of alkyl halides is 6. The molecule has 0 aliphatic rings. The van der Waals surface area contributed by atoms with Crippen LogP contribution in [-0.2, 0) is 5.88 Å². The van der Waals surface area contributed by atoms with E-state index < -0.39 is 28.7 Å². The first kappa shape index (κ1) is 14.4. The Bertz CT molecular complexity index is 412. The van der Waals surface area contributed by atoms with Crippen LogP contribution in [0.1, 0.15) is 17.7 Å². The molecule has 0 amide bonds. The Morgan fingerprint density at radius 1 is 1.41 bits per heavy atom. The Hall–Kier alpha value is -0.630. The van der Waals surface area contributed by atoms with Crippen molar-refractivity contribution >= 4 is 27.5 Å². The number of hydrogen-bond acceptors (Lipinski definition) is 2. The monoisotopic (exact) mass is 339 g/mol. The molecule has 9 heteroatoms. The van der Waals surface area contributed by atoms with Gasteiger partial charge >= 0.3 is 6.36 Å². The van der Waals surface area contributed by atoms with Crippen LogP contribution in [0.25, 0.3) is 0 Å². The van der Waals surface area contributed by atoms with Crippen LogP contribution in [0.3, 0.4) is 0 Å². The lowest BCUT2D eigenvalue weighted by Crippen LogP contribution is -2.19.